The van der Waals surface area contributed by atoms with Crippen molar-refractivity contribution in [1.29, 1.82) is 0 Å². The maximum atomic E-state index is 3.43. The first-order valence-corrected chi connectivity index (χ1v) is 4.43. The smallest absolute Gasteiger partial charge is 0.0224 e. The van der Waals surface area contributed by atoms with Crippen LogP contribution in [0.1, 0.15) is 25.7 Å². The van der Waals surface area contributed by atoms with Crippen LogP contribution < -0.4 is 10.6 Å². The highest BCUT2D eigenvalue weighted by Crippen LogP contribution is 2.28. The standard InChI is InChI=1S/C6H11N.C2H5N/c1-2-4-6-5(3-1)7-6;1-2-3-1/h5-7H,1-4H2;3H,1-2H2. The average Bonchev–Trinajstić information content (AvgIpc) is 2.86. The van der Waals surface area contributed by atoms with Gasteiger partial charge in [0.2, 0.25) is 0 Å². The summed E-state index contributed by atoms with van der Waals surface area (Å²) in [5.74, 6) is 0. The number of hydrogen-bond acceptors (Lipinski definition) is 2. The SMILES string of the molecule is C1CCC2NC2C1.C1CN1. The van der Waals surface area contributed by atoms with Crippen molar-refractivity contribution in [1.82, 2.24) is 10.6 Å². The lowest BCUT2D eigenvalue weighted by molar-refractivity contribution is 0.571. The molecule has 0 aromatic rings. The van der Waals surface area contributed by atoms with Crippen LogP contribution in [0.3, 0.4) is 0 Å². The molecule has 0 bridgehead atoms. The van der Waals surface area contributed by atoms with Crippen LogP contribution in [-0.4, -0.2) is 25.2 Å². The van der Waals surface area contributed by atoms with Crippen LogP contribution in [0.2, 0.25) is 0 Å². The van der Waals surface area contributed by atoms with Gasteiger partial charge in [-0.3, -0.25) is 0 Å². The zero-order valence-corrected chi connectivity index (χ0v) is 6.40. The molecule has 2 atom stereocenters. The first-order chi connectivity index (χ1) is 4.97. The molecule has 2 unspecified atom stereocenters. The summed E-state index contributed by atoms with van der Waals surface area (Å²) in [6.45, 7) is 2.50. The summed E-state index contributed by atoms with van der Waals surface area (Å²) < 4.78 is 0. The van der Waals surface area contributed by atoms with Gasteiger partial charge in [0.05, 0.1) is 0 Å². The Labute approximate surface area is 62.4 Å². The van der Waals surface area contributed by atoms with E-state index in [0.29, 0.717) is 0 Å². The second-order valence-electron chi connectivity index (χ2n) is 3.41. The molecule has 2 N–H and O–H groups in total. The Balaban J connectivity index is 0.000000113. The Morgan fingerprint density at radius 3 is 1.70 bits per heavy atom. The lowest BCUT2D eigenvalue weighted by atomic mass is 10.0. The Hall–Kier alpha value is -0.0800. The first-order valence-electron chi connectivity index (χ1n) is 4.43. The Kier molecular flexibility index (Phi) is 1.91. The molecular formula is C8H16N2. The van der Waals surface area contributed by atoms with Crippen LogP contribution in [0.5, 0.6) is 0 Å². The molecule has 1 aliphatic carbocycles. The summed E-state index contributed by atoms with van der Waals surface area (Å²) >= 11 is 0. The van der Waals surface area contributed by atoms with Gasteiger partial charge in [-0.1, -0.05) is 12.8 Å². The number of fused-ring (bicyclic) bond motifs is 1. The molecule has 3 rings (SSSR count). The highest BCUT2D eigenvalue weighted by molar-refractivity contribution is 4.99. The Morgan fingerprint density at radius 1 is 0.900 bits per heavy atom. The molecule has 58 valence electrons. The molecule has 2 heterocycles. The van der Waals surface area contributed by atoms with Crippen LogP contribution >= 0.6 is 0 Å². The summed E-state index contributed by atoms with van der Waals surface area (Å²) in [7, 11) is 0. The molecule has 2 aliphatic heterocycles. The van der Waals surface area contributed by atoms with E-state index in [2.05, 4.69) is 10.6 Å². The van der Waals surface area contributed by atoms with Gasteiger partial charge in [0.25, 0.3) is 0 Å². The van der Waals surface area contributed by atoms with Gasteiger partial charge in [0, 0.05) is 25.2 Å². The third-order valence-electron chi connectivity index (χ3n) is 2.33. The second-order valence-corrected chi connectivity index (χ2v) is 3.41. The predicted octanol–water partition coefficient (Wildman–Crippen LogP) is 0.490. The topological polar surface area (TPSA) is 43.9 Å². The van der Waals surface area contributed by atoms with Crippen molar-refractivity contribution in [2.75, 3.05) is 13.1 Å². The van der Waals surface area contributed by atoms with Crippen LogP contribution in [-0.2, 0) is 0 Å². The first kappa shape index (κ1) is 6.62. The van der Waals surface area contributed by atoms with E-state index < -0.39 is 0 Å². The lowest BCUT2D eigenvalue weighted by Crippen LogP contribution is -2.00. The van der Waals surface area contributed by atoms with Crippen molar-refractivity contribution >= 4 is 0 Å². The van der Waals surface area contributed by atoms with Gasteiger partial charge < -0.3 is 10.6 Å². The molecule has 0 amide bonds. The summed E-state index contributed by atoms with van der Waals surface area (Å²) in [5.41, 5.74) is 0. The number of nitrogens with one attached hydrogen (secondary N) is 2. The van der Waals surface area contributed by atoms with Crippen molar-refractivity contribution in [3.05, 3.63) is 0 Å². The molecule has 3 fully saturated rings. The molecule has 2 heteroatoms. The molecule has 0 spiro atoms. The van der Waals surface area contributed by atoms with Gasteiger partial charge >= 0.3 is 0 Å². The normalized spacial score (nSPS) is 40.8. The molecule has 3 aliphatic rings. The minimum Gasteiger partial charge on any atom is -0.314 e. The molecule has 0 aromatic heterocycles. The van der Waals surface area contributed by atoms with E-state index in [1.807, 2.05) is 0 Å². The second kappa shape index (κ2) is 2.89. The van der Waals surface area contributed by atoms with Crippen molar-refractivity contribution in [3.8, 4) is 0 Å². The summed E-state index contributed by atoms with van der Waals surface area (Å²) in [5, 5.41) is 6.43. The maximum absolute atomic E-state index is 3.43. The van der Waals surface area contributed by atoms with Crippen molar-refractivity contribution in [3.63, 3.8) is 0 Å². The number of rotatable bonds is 0. The van der Waals surface area contributed by atoms with Gasteiger partial charge in [0.15, 0.2) is 0 Å². The molecule has 2 saturated heterocycles. The van der Waals surface area contributed by atoms with Gasteiger partial charge in [-0.2, -0.15) is 0 Å². The lowest BCUT2D eigenvalue weighted by Gasteiger charge is -2.02. The molecule has 1 saturated carbocycles. The molecule has 0 aromatic carbocycles. The largest absolute Gasteiger partial charge is 0.314 e. The third kappa shape index (κ3) is 1.96. The fourth-order valence-corrected chi connectivity index (χ4v) is 1.52. The van der Waals surface area contributed by atoms with E-state index in [1.165, 1.54) is 38.8 Å². The van der Waals surface area contributed by atoms with Gasteiger partial charge in [-0.05, 0) is 12.8 Å². The zero-order valence-electron chi connectivity index (χ0n) is 6.40. The van der Waals surface area contributed by atoms with Gasteiger partial charge in [-0.15, -0.1) is 0 Å². The van der Waals surface area contributed by atoms with E-state index in [-0.39, 0.29) is 0 Å². The van der Waals surface area contributed by atoms with E-state index in [4.69, 9.17) is 0 Å². The fraction of sp³-hybridized carbons (Fsp3) is 1.00. The predicted molar refractivity (Wildman–Crippen MR) is 42.0 cm³/mol. The van der Waals surface area contributed by atoms with Crippen LogP contribution in [0.4, 0.5) is 0 Å². The minimum absolute atomic E-state index is 0.953. The van der Waals surface area contributed by atoms with Crippen LogP contribution in [0, 0.1) is 0 Å². The molecule has 0 radical (unpaired) electrons. The van der Waals surface area contributed by atoms with Crippen LogP contribution in [0.15, 0.2) is 0 Å². The highest BCUT2D eigenvalue weighted by atomic mass is 15.1. The third-order valence-corrected chi connectivity index (χ3v) is 2.33. The minimum atomic E-state index is 0.953. The average molecular weight is 140 g/mol. The van der Waals surface area contributed by atoms with E-state index in [0.717, 1.165) is 12.1 Å². The molecule has 2 nitrogen and oxygen atoms in total. The highest BCUT2D eigenvalue weighted by Gasteiger charge is 2.37. The van der Waals surface area contributed by atoms with E-state index in [9.17, 15) is 0 Å². The van der Waals surface area contributed by atoms with Crippen LogP contribution in [0.25, 0.3) is 0 Å². The fourth-order valence-electron chi connectivity index (χ4n) is 1.52. The maximum Gasteiger partial charge on any atom is 0.0224 e. The summed E-state index contributed by atoms with van der Waals surface area (Å²) in [6.07, 6.45) is 5.83. The Morgan fingerprint density at radius 2 is 1.40 bits per heavy atom. The van der Waals surface area contributed by atoms with Crippen molar-refractivity contribution in [2.45, 2.75) is 37.8 Å². The van der Waals surface area contributed by atoms with E-state index in [1.54, 1.807) is 0 Å². The molecular weight excluding hydrogens is 124 g/mol. The van der Waals surface area contributed by atoms with Crippen molar-refractivity contribution < 1.29 is 0 Å². The summed E-state index contributed by atoms with van der Waals surface area (Å²) in [4.78, 5) is 0. The quantitative estimate of drug-likeness (QED) is 0.481. The number of hydrogen-bond donors (Lipinski definition) is 2. The zero-order chi connectivity index (χ0) is 6.81. The monoisotopic (exact) mass is 140 g/mol. The summed E-state index contributed by atoms with van der Waals surface area (Å²) in [6, 6.07) is 1.91. The van der Waals surface area contributed by atoms with Gasteiger partial charge in [0.1, 0.15) is 0 Å². The van der Waals surface area contributed by atoms with E-state index >= 15 is 0 Å². The van der Waals surface area contributed by atoms with Gasteiger partial charge in [-0.25, -0.2) is 0 Å². The van der Waals surface area contributed by atoms with Crippen molar-refractivity contribution in [2.24, 2.45) is 0 Å². The Bertz CT molecular complexity index is 99.1. The molecule has 10 heavy (non-hydrogen) atoms.